The molecule has 1 aliphatic rings. The highest BCUT2D eigenvalue weighted by molar-refractivity contribution is 7.80. The van der Waals surface area contributed by atoms with Crippen LogP contribution in [0.25, 0.3) is 10.9 Å². The summed E-state index contributed by atoms with van der Waals surface area (Å²) >= 11 is 5.73. The van der Waals surface area contributed by atoms with E-state index in [1.807, 2.05) is 12.1 Å². The Labute approximate surface area is 203 Å². The number of nitrogens with zero attached hydrogens (tertiary/aromatic N) is 2. The van der Waals surface area contributed by atoms with Crippen molar-refractivity contribution in [1.82, 2.24) is 20.3 Å². The van der Waals surface area contributed by atoms with Gasteiger partial charge in [-0.25, -0.2) is 5.48 Å². The van der Waals surface area contributed by atoms with Crippen molar-refractivity contribution in [2.24, 2.45) is 0 Å². The largest absolute Gasteiger partial charge is 0.358 e. The van der Waals surface area contributed by atoms with Gasteiger partial charge in [0.2, 0.25) is 0 Å². The molecule has 3 aromatic carbocycles. The summed E-state index contributed by atoms with van der Waals surface area (Å²) in [5, 5.41) is 14.1. The number of carbonyl (C=O) groups is 1. The quantitative estimate of drug-likeness (QED) is 0.231. The maximum atomic E-state index is 11.5. The summed E-state index contributed by atoms with van der Waals surface area (Å²) in [6, 6.07) is 26.3. The molecule has 6 nitrogen and oxygen atoms in total. The van der Waals surface area contributed by atoms with Gasteiger partial charge in [0, 0.05) is 60.3 Å². The lowest BCUT2D eigenvalue weighted by atomic mass is 10.0. The first-order valence-electron chi connectivity index (χ1n) is 11.3. The van der Waals surface area contributed by atoms with Crippen LogP contribution in [0.4, 0.5) is 0 Å². The highest BCUT2D eigenvalue weighted by Gasteiger charge is 2.25. The summed E-state index contributed by atoms with van der Waals surface area (Å²) in [6.45, 7) is 3.07. The first-order valence-corrected chi connectivity index (χ1v) is 11.7. The van der Waals surface area contributed by atoms with Crippen molar-refractivity contribution in [3.05, 3.63) is 107 Å². The van der Waals surface area contributed by atoms with Crippen LogP contribution in [0, 0.1) is 0 Å². The molecule has 0 radical (unpaired) electrons. The topological polar surface area (TPSA) is 69.5 Å². The molecule has 4 aromatic rings. The molecule has 0 saturated heterocycles. The maximum Gasteiger partial charge on any atom is 0.274 e. The number of benzene rings is 3. The van der Waals surface area contributed by atoms with Gasteiger partial charge in [0.25, 0.3) is 5.91 Å². The standard InChI is InChI=1S/C27H26N4O2S/c32-26(29-33)21-12-10-19(11-13-21)16-28-27(34)30-15-14-25-23(18-30)22-8-4-5-9-24(22)31(25)17-20-6-2-1-3-7-20/h1-13,33H,14-18H2,(H,28,34)(H,29,32). The van der Waals surface area contributed by atoms with E-state index in [-0.39, 0.29) is 0 Å². The zero-order valence-electron chi connectivity index (χ0n) is 18.7. The van der Waals surface area contributed by atoms with Crippen molar-refractivity contribution < 1.29 is 10.0 Å². The summed E-state index contributed by atoms with van der Waals surface area (Å²) in [5.74, 6) is -0.523. The van der Waals surface area contributed by atoms with Crippen LogP contribution in [0.1, 0.15) is 32.7 Å². The summed E-state index contributed by atoms with van der Waals surface area (Å²) in [6.07, 6.45) is 0.934. The van der Waals surface area contributed by atoms with Crippen molar-refractivity contribution in [3.8, 4) is 0 Å². The van der Waals surface area contributed by atoms with Crippen LogP contribution < -0.4 is 10.8 Å². The number of amides is 1. The van der Waals surface area contributed by atoms with E-state index < -0.39 is 5.91 Å². The van der Waals surface area contributed by atoms with Gasteiger partial charge in [0.1, 0.15) is 0 Å². The molecular formula is C27H26N4O2S. The number of aromatic nitrogens is 1. The Balaban J connectivity index is 1.31. The molecule has 0 spiro atoms. The second-order valence-electron chi connectivity index (χ2n) is 8.48. The highest BCUT2D eigenvalue weighted by Crippen LogP contribution is 2.31. The smallest absolute Gasteiger partial charge is 0.274 e. The average Bonchev–Trinajstić information content (AvgIpc) is 3.20. The summed E-state index contributed by atoms with van der Waals surface area (Å²) in [5.41, 5.74) is 8.37. The molecule has 34 heavy (non-hydrogen) atoms. The second-order valence-corrected chi connectivity index (χ2v) is 8.87. The monoisotopic (exact) mass is 470 g/mol. The zero-order valence-corrected chi connectivity index (χ0v) is 19.5. The molecule has 0 aliphatic carbocycles. The molecule has 0 saturated carbocycles. The fourth-order valence-electron chi connectivity index (χ4n) is 4.65. The van der Waals surface area contributed by atoms with Gasteiger partial charge < -0.3 is 14.8 Å². The molecule has 0 atom stereocenters. The number of fused-ring (bicyclic) bond motifs is 3. The molecule has 7 heteroatoms. The third-order valence-electron chi connectivity index (χ3n) is 6.39. The van der Waals surface area contributed by atoms with Crippen LogP contribution in [-0.2, 0) is 26.1 Å². The van der Waals surface area contributed by atoms with Gasteiger partial charge in [-0.05, 0) is 41.5 Å². The lowest BCUT2D eigenvalue weighted by Gasteiger charge is -2.30. The van der Waals surface area contributed by atoms with Crippen LogP contribution in [0.3, 0.4) is 0 Å². The van der Waals surface area contributed by atoms with Gasteiger partial charge >= 0.3 is 0 Å². The molecule has 1 aromatic heterocycles. The maximum absolute atomic E-state index is 11.5. The first kappa shape index (κ1) is 22.1. The van der Waals surface area contributed by atoms with E-state index in [1.165, 1.54) is 27.7 Å². The Bertz CT molecular complexity index is 1330. The fraction of sp³-hybridized carbons (Fsp3) is 0.185. The van der Waals surface area contributed by atoms with Gasteiger partial charge in [-0.1, -0.05) is 60.7 Å². The second kappa shape index (κ2) is 9.67. The number of hydroxylamine groups is 1. The minimum Gasteiger partial charge on any atom is -0.358 e. The lowest BCUT2D eigenvalue weighted by Crippen LogP contribution is -2.42. The lowest BCUT2D eigenvalue weighted by molar-refractivity contribution is 0.0706. The summed E-state index contributed by atoms with van der Waals surface area (Å²) in [7, 11) is 0. The van der Waals surface area contributed by atoms with Gasteiger partial charge in [0.15, 0.2) is 5.11 Å². The van der Waals surface area contributed by atoms with Crippen LogP contribution >= 0.6 is 12.2 Å². The minimum absolute atomic E-state index is 0.407. The van der Waals surface area contributed by atoms with Crippen molar-refractivity contribution >= 4 is 34.1 Å². The van der Waals surface area contributed by atoms with E-state index in [2.05, 4.69) is 69.4 Å². The Morgan fingerprint density at radius 3 is 2.44 bits per heavy atom. The van der Waals surface area contributed by atoms with Crippen LogP contribution in [-0.4, -0.2) is 32.2 Å². The van der Waals surface area contributed by atoms with Crippen LogP contribution in [0.5, 0.6) is 0 Å². The fourth-order valence-corrected chi connectivity index (χ4v) is 4.88. The van der Waals surface area contributed by atoms with E-state index in [9.17, 15) is 4.79 Å². The van der Waals surface area contributed by atoms with E-state index in [0.29, 0.717) is 12.1 Å². The molecule has 5 rings (SSSR count). The number of thiocarbonyl (C=S) groups is 1. The number of nitrogens with one attached hydrogen (secondary N) is 2. The Morgan fingerprint density at radius 2 is 1.68 bits per heavy atom. The number of carbonyl (C=O) groups excluding carboxylic acids is 1. The van der Waals surface area contributed by atoms with Gasteiger partial charge in [-0.15, -0.1) is 0 Å². The van der Waals surface area contributed by atoms with Gasteiger partial charge in [-0.3, -0.25) is 10.0 Å². The third-order valence-corrected chi connectivity index (χ3v) is 6.80. The van der Waals surface area contributed by atoms with Crippen molar-refractivity contribution in [1.29, 1.82) is 0 Å². The number of hydrogen-bond acceptors (Lipinski definition) is 3. The molecule has 3 N–H and O–H groups in total. The summed E-state index contributed by atoms with van der Waals surface area (Å²) in [4.78, 5) is 13.7. The Kier molecular flexibility index (Phi) is 6.29. The predicted molar refractivity (Wildman–Crippen MR) is 137 cm³/mol. The molecular weight excluding hydrogens is 444 g/mol. The van der Waals surface area contributed by atoms with E-state index in [4.69, 9.17) is 17.4 Å². The number of rotatable bonds is 5. The van der Waals surface area contributed by atoms with Crippen molar-refractivity contribution in [2.75, 3.05) is 6.54 Å². The van der Waals surface area contributed by atoms with Crippen LogP contribution in [0.2, 0.25) is 0 Å². The zero-order chi connectivity index (χ0) is 23.5. The molecule has 0 unspecified atom stereocenters. The van der Waals surface area contributed by atoms with Gasteiger partial charge in [0.05, 0.1) is 0 Å². The molecule has 1 amide bonds. The molecule has 172 valence electrons. The first-order chi connectivity index (χ1) is 16.6. The Morgan fingerprint density at radius 1 is 0.941 bits per heavy atom. The summed E-state index contributed by atoms with van der Waals surface area (Å²) < 4.78 is 2.46. The van der Waals surface area contributed by atoms with Crippen molar-refractivity contribution in [3.63, 3.8) is 0 Å². The van der Waals surface area contributed by atoms with E-state index in [1.54, 1.807) is 17.6 Å². The number of para-hydroxylation sites is 1. The Hall–Kier alpha value is -3.68. The number of hydrogen-bond donors (Lipinski definition) is 3. The molecule has 0 bridgehead atoms. The molecule has 2 heterocycles. The minimum atomic E-state index is -0.523. The van der Waals surface area contributed by atoms with E-state index >= 15 is 0 Å². The predicted octanol–water partition coefficient (Wildman–Crippen LogP) is 4.24. The van der Waals surface area contributed by atoms with Crippen molar-refractivity contribution in [2.45, 2.75) is 26.1 Å². The van der Waals surface area contributed by atoms with Crippen LogP contribution in [0.15, 0.2) is 78.9 Å². The van der Waals surface area contributed by atoms with Gasteiger partial charge in [-0.2, -0.15) is 0 Å². The molecule has 1 aliphatic heterocycles. The third kappa shape index (κ3) is 4.40. The van der Waals surface area contributed by atoms with E-state index in [0.717, 1.165) is 36.7 Å². The molecule has 0 fully saturated rings. The SMILES string of the molecule is O=C(NO)c1ccc(CNC(=S)N2CCc3c(c4ccccc4n3Cc3ccccc3)C2)cc1. The average molecular weight is 471 g/mol. The highest BCUT2D eigenvalue weighted by atomic mass is 32.1. The normalized spacial score (nSPS) is 12.9.